The van der Waals surface area contributed by atoms with Gasteiger partial charge in [0.2, 0.25) is 5.91 Å². The molecule has 2 rings (SSSR count). The van der Waals surface area contributed by atoms with Crippen LogP contribution in [0.5, 0.6) is 0 Å². The minimum Gasteiger partial charge on any atom is -0.455 e. The Balaban J connectivity index is 1.70. The van der Waals surface area contributed by atoms with Gasteiger partial charge in [-0.15, -0.1) is 0 Å². The van der Waals surface area contributed by atoms with Crippen LogP contribution in [0.25, 0.3) is 0 Å². The summed E-state index contributed by atoms with van der Waals surface area (Å²) in [7, 11) is 0. The number of nitrogens with one attached hydrogen (secondary N) is 2. The first-order valence-corrected chi connectivity index (χ1v) is 8.63. The van der Waals surface area contributed by atoms with Crippen LogP contribution in [0.1, 0.15) is 46.0 Å². The molecule has 0 radical (unpaired) electrons. The second-order valence-corrected chi connectivity index (χ2v) is 7.00. The summed E-state index contributed by atoms with van der Waals surface area (Å²) in [5.74, 6) is -1.26. The minimum absolute atomic E-state index is 0.000642. The Morgan fingerprint density at radius 2 is 1.75 bits per heavy atom. The highest BCUT2D eigenvalue weighted by molar-refractivity contribution is 5.88. The fourth-order valence-electron chi connectivity index (χ4n) is 3.53. The van der Waals surface area contributed by atoms with E-state index in [0.717, 1.165) is 19.3 Å². The van der Waals surface area contributed by atoms with Crippen LogP contribution >= 0.6 is 0 Å². The molecule has 7 nitrogen and oxygen atoms in total. The van der Waals surface area contributed by atoms with Gasteiger partial charge in [-0.1, -0.05) is 6.42 Å². The number of Topliss-reactive ketones (excluding diaryl/α,β-unsaturated/α-hetero) is 1. The van der Waals surface area contributed by atoms with Crippen LogP contribution in [-0.2, 0) is 23.9 Å². The first kappa shape index (κ1) is 18.4. The number of carbonyl (C=O) groups is 4. The Morgan fingerprint density at radius 1 is 1.12 bits per heavy atom. The highest BCUT2D eigenvalue weighted by Crippen LogP contribution is 2.40. The molecule has 1 unspecified atom stereocenters. The third-order valence-corrected chi connectivity index (χ3v) is 4.62. The Morgan fingerprint density at radius 3 is 2.33 bits per heavy atom. The zero-order chi connectivity index (χ0) is 17.7. The van der Waals surface area contributed by atoms with Crippen molar-refractivity contribution in [3.63, 3.8) is 0 Å². The maximum Gasteiger partial charge on any atom is 0.309 e. The standard InChI is InChI=1S/C17H26N2O5/c1-10(2)19-14(20)8-18-15(21)9-24-17(23)13-6-11-4-3-5-12(7-13)16(11)22/h10-13H,3-9H2,1-2H3,(H,18,21)(H,19,20)/t11-,12+,13?. The summed E-state index contributed by atoms with van der Waals surface area (Å²) in [5, 5.41) is 5.06. The lowest BCUT2D eigenvalue weighted by Crippen LogP contribution is -2.42. The van der Waals surface area contributed by atoms with E-state index in [4.69, 9.17) is 4.74 Å². The maximum atomic E-state index is 12.1. The number of amides is 2. The third kappa shape index (κ3) is 5.04. The SMILES string of the molecule is CC(C)NC(=O)CNC(=O)COC(=O)C1C[C@H]2CCC[C@@H](C1)C2=O. The van der Waals surface area contributed by atoms with E-state index in [0.29, 0.717) is 18.6 Å². The second kappa shape index (κ2) is 8.26. The molecule has 0 heterocycles. The molecular formula is C17H26N2O5. The summed E-state index contributed by atoms with van der Waals surface area (Å²) in [5.41, 5.74) is 0. The van der Waals surface area contributed by atoms with E-state index >= 15 is 0 Å². The lowest BCUT2D eigenvalue weighted by molar-refractivity contribution is -0.156. The smallest absolute Gasteiger partial charge is 0.309 e. The molecule has 0 saturated heterocycles. The van der Waals surface area contributed by atoms with E-state index in [1.54, 1.807) is 0 Å². The van der Waals surface area contributed by atoms with Crippen molar-refractivity contribution >= 4 is 23.6 Å². The predicted molar refractivity (Wildman–Crippen MR) is 85.8 cm³/mol. The quantitative estimate of drug-likeness (QED) is 0.689. The fraction of sp³-hybridized carbons (Fsp3) is 0.765. The Bertz CT molecular complexity index is 501. The largest absolute Gasteiger partial charge is 0.455 e. The summed E-state index contributed by atoms with van der Waals surface area (Å²) < 4.78 is 5.06. The van der Waals surface area contributed by atoms with E-state index < -0.39 is 18.5 Å². The lowest BCUT2D eigenvalue weighted by Gasteiger charge is -2.36. The van der Waals surface area contributed by atoms with E-state index in [-0.39, 0.29) is 36.2 Å². The van der Waals surface area contributed by atoms with Crippen molar-refractivity contribution in [2.45, 2.75) is 52.0 Å². The van der Waals surface area contributed by atoms with Crippen molar-refractivity contribution in [3.05, 3.63) is 0 Å². The van der Waals surface area contributed by atoms with E-state index in [1.165, 1.54) is 0 Å². The highest BCUT2D eigenvalue weighted by Gasteiger charge is 2.41. The molecule has 0 spiro atoms. The molecule has 2 amide bonds. The molecule has 2 aliphatic rings. The molecule has 2 N–H and O–H groups in total. The van der Waals surface area contributed by atoms with Gasteiger partial charge in [-0.25, -0.2) is 0 Å². The number of hydrogen-bond donors (Lipinski definition) is 2. The number of fused-ring (bicyclic) bond motifs is 2. The minimum atomic E-state index is -0.505. The van der Waals surface area contributed by atoms with Crippen LogP contribution in [0.15, 0.2) is 0 Å². The van der Waals surface area contributed by atoms with E-state index in [1.807, 2.05) is 13.8 Å². The number of hydrogen-bond acceptors (Lipinski definition) is 5. The monoisotopic (exact) mass is 338 g/mol. The van der Waals surface area contributed by atoms with Crippen molar-refractivity contribution < 1.29 is 23.9 Å². The maximum absolute atomic E-state index is 12.1. The zero-order valence-corrected chi connectivity index (χ0v) is 14.3. The molecule has 2 aliphatic carbocycles. The molecule has 0 aromatic heterocycles. The number of ether oxygens (including phenoxy) is 1. The van der Waals surface area contributed by atoms with Crippen molar-refractivity contribution in [2.75, 3.05) is 13.2 Å². The van der Waals surface area contributed by atoms with Crippen LogP contribution in [0, 0.1) is 17.8 Å². The van der Waals surface area contributed by atoms with Crippen LogP contribution in [-0.4, -0.2) is 42.8 Å². The van der Waals surface area contributed by atoms with Crippen LogP contribution < -0.4 is 10.6 Å². The van der Waals surface area contributed by atoms with Gasteiger partial charge in [-0.2, -0.15) is 0 Å². The summed E-state index contributed by atoms with van der Waals surface area (Å²) >= 11 is 0. The summed E-state index contributed by atoms with van der Waals surface area (Å²) in [6, 6.07) is 0.000642. The molecular weight excluding hydrogens is 312 g/mol. The number of esters is 1. The average Bonchev–Trinajstić information content (AvgIpc) is 2.49. The van der Waals surface area contributed by atoms with Gasteiger partial charge in [0, 0.05) is 17.9 Å². The molecule has 2 bridgehead atoms. The molecule has 134 valence electrons. The second-order valence-electron chi connectivity index (χ2n) is 7.00. The van der Waals surface area contributed by atoms with Gasteiger partial charge in [0.1, 0.15) is 5.78 Å². The van der Waals surface area contributed by atoms with Crippen LogP contribution in [0.4, 0.5) is 0 Å². The lowest BCUT2D eigenvalue weighted by atomic mass is 9.67. The number of ketones is 1. The summed E-state index contributed by atoms with van der Waals surface area (Å²) in [4.78, 5) is 47.2. The van der Waals surface area contributed by atoms with Gasteiger partial charge in [0.25, 0.3) is 5.91 Å². The normalized spacial score (nSPS) is 26.0. The van der Waals surface area contributed by atoms with Gasteiger partial charge >= 0.3 is 5.97 Å². The predicted octanol–water partition coefficient (Wildman–Crippen LogP) is 0.566. The zero-order valence-electron chi connectivity index (χ0n) is 14.3. The van der Waals surface area contributed by atoms with Crippen LogP contribution in [0.3, 0.4) is 0 Å². The molecule has 3 atom stereocenters. The first-order valence-electron chi connectivity index (χ1n) is 8.63. The first-order chi connectivity index (χ1) is 11.4. The molecule has 24 heavy (non-hydrogen) atoms. The summed E-state index contributed by atoms with van der Waals surface area (Å²) in [6.45, 7) is 3.11. The molecule has 0 aromatic rings. The molecule has 2 saturated carbocycles. The number of carbonyl (C=O) groups excluding carboxylic acids is 4. The van der Waals surface area contributed by atoms with Crippen molar-refractivity contribution in [3.8, 4) is 0 Å². The Labute approximate surface area is 141 Å². The van der Waals surface area contributed by atoms with Crippen molar-refractivity contribution in [2.24, 2.45) is 17.8 Å². The summed E-state index contributed by atoms with van der Waals surface area (Å²) in [6.07, 6.45) is 3.82. The van der Waals surface area contributed by atoms with Crippen molar-refractivity contribution in [1.82, 2.24) is 10.6 Å². The van der Waals surface area contributed by atoms with Crippen molar-refractivity contribution in [1.29, 1.82) is 0 Å². The molecule has 0 aliphatic heterocycles. The van der Waals surface area contributed by atoms with Gasteiger partial charge in [0.15, 0.2) is 6.61 Å². The Kier molecular flexibility index (Phi) is 6.34. The van der Waals surface area contributed by atoms with Gasteiger partial charge in [0.05, 0.1) is 12.5 Å². The number of rotatable bonds is 6. The van der Waals surface area contributed by atoms with Gasteiger partial charge in [-0.05, 0) is 39.5 Å². The van der Waals surface area contributed by atoms with E-state index in [2.05, 4.69) is 10.6 Å². The van der Waals surface area contributed by atoms with Gasteiger partial charge < -0.3 is 15.4 Å². The van der Waals surface area contributed by atoms with E-state index in [9.17, 15) is 19.2 Å². The van der Waals surface area contributed by atoms with Gasteiger partial charge in [-0.3, -0.25) is 19.2 Å². The van der Waals surface area contributed by atoms with Crippen LogP contribution in [0.2, 0.25) is 0 Å². The Hall–Kier alpha value is -1.92. The topological polar surface area (TPSA) is 102 Å². The highest BCUT2D eigenvalue weighted by atomic mass is 16.5. The third-order valence-electron chi connectivity index (χ3n) is 4.62. The average molecular weight is 338 g/mol. The molecule has 2 fully saturated rings. The fourth-order valence-corrected chi connectivity index (χ4v) is 3.53. The molecule has 7 heteroatoms. The molecule has 0 aromatic carbocycles.